The molecule has 2 atom stereocenters. The van der Waals surface area contributed by atoms with E-state index in [0.717, 1.165) is 43.9 Å². The van der Waals surface area contributed by atoms with Crippen LogP contribution in [0.3, 0.4) is 0 Å². The molecule has 2 unspecified atom stereocenters. The van der Waals surface area contributed by atoms with Gasteiger partial charge < -0.3 is 20.7 Å². The highest BCUT2D eigenvalue weighted by Crippen LogP contribution is 2.36. The highest BCUT2D eigenvalue weighted by atomic mass is 16.5. The van der Waals surface area contributed by atoms with Crippen molar-refractivity contribution in [3.05, 3.63) is 35.4 Å². The molecular weight excluding hydrogens is 292 g/mol. The van der Waals surface area contributed by atoms with Crippen LogP contribution in [0.15, 0.2) is 34.7 Å². The van der Waals surface area contributed by atoms with E-state index in [1.807, 2.05) is 6.07 Å². The van der Waals surface area contributed by atoms with Crippen LogP contribution < -0.4 is 11.1 Å². The Kier molecular flexibility index (Phi) is 3.57. The second-order valence-electron chi connectivity index (χ2n) is 6.28. The Morgan fingerprint density at radius 3 is 3.09 bits per heavy atom. The molecule has 0 saturated carbocycles. The molecule has 0 aliphatic carbocycles. The fourth-order valence-electron chi connectivity index (χ4n) is 3.54. The van der Waals surface area contributed by atoms with Gasteiger partial charge in [-0.05, 0) is 37.0 Å². The van der Waals surface area contributed by atoms with Crippen molar-refractivity contribution in [3.63, 3.8) is 0 Å². The van der Waals surface area contributed by atoms with Crippen molar-refractivity contribution in [3.8, 4) is 0 Å². The summed E-state index contributed by atoms with van der Waals surface area (Å²) in [4.78, 5) is 6.96. The molecule has 1 aromatic rings. The van der Waals surface area contributed by atoms with Gasteiger partial charge >= 0.3 is 0 Å². The lowest BCUT2D eigenvalue weighted by molar-refractivity contribution is 0.0253. The number of H-pyrrole nitrogens is 1. The van der Waals surface area contributed by atoms with Gasteiger partial charge in [-0.2, -0.15) is 5.10 Å². The van der Waals surface area contributed by atoms with Gasteiger partial charge in [0.2, 0.25) is 0 Å². The molecule has 0 aromatic carbocycles. The summed E-state index contributed by atoms with van der Waals surface area (Å²) in [6, 6.07) is 2.33. The zero-order valence-electron chi connectivity index (χ0n) is 13.2. The third-order valence-electron chi connectivity index (χ3n) is 4.74. The van der Waals surface area contributed by atoms with E-state index in [2.05, 4.69) is 38.5 Å². The maximum absolute atomic E-state index is 5.96. The highest BCUT2D eigenvalue weighted by Gasteiger charge is 2.35. The van der Waals surface area contributed by atoms with Crippen molar-refractivity contribution >= 4 is 11.5 Å². The lowest BCUT2D eigenvalue weighted by Crippen LogP contribution is -2.50. The minimum atomic E-state index is -0.0328. The Balaban J connectivity index is 1.75. The first-order valence-corrected chi connectivity index (χ1v) is 8.08. The van der Waals surface area contributed by atoms with Gasteiger partial charge in [0.1, 0.15) is 6.17 Å². The Bertz CT molecular complexity index is 669. The molecule has 4 N–H and O–H groups in total. The number of aliphatic imine (C=N–C) groups is 1. The van der Waals surface area contributed by atoms with Gasteiger partial charge in [-0.25, -0.2) is 4.99 Å². The fraction of sp³-hybridized carbons (Fsp3) is 0.500. The van der Waals surface area contributed by atoms with E-state index in [1.54, 1.807) is 6.20 Å². The van der Waals surface area contributed by atoms with Crippen molar-refractivity contribution in [2.24, 2.45) is 10.7 Å². The van der Waals surface area contributed by atoms with Crippen LogP contribution in [0.5, 0.6) is 0 Å². The monoisotopic (exact) mass is 314 g/mol. The van der Waals surface area contributed by atoms with Crippen molar-refractivity contribution in [1.29, 1.82) is 0 Å². The zero-order valence-corrected chi connectivity index (χ0v) is 13.2. The molecule has 7 nitrogen and oxygen atoms in total. The van der Waals surface area contributed by atoms with E-state index >= 15 is 0 Å². The Hall–Kier alpha value is -2.28. The molecule has 7 heteroatoms. The summed E-state index contributed by atoms with van der Waals surface area (Å²) in [7, 11) is 0. The molecule has 1 fully saturated rings. The van der Waals surface area contributed by atoms with E-state index in [0.29, 0.717) is 12.0 Å². The van der Waals surface area contributed by atoms with Crippen molar-refractivity contribution in [2.45, 2.75) is 38.4 Å². The SMILES string of the molecule is CC1=C2CC(c3ccn[nH]3)=CN(C3CCCOC3)C2N=C(N)N1. The number of nitrogens with zero attached hydrogens (tertiary/aromatic N) is 3. The summed E-state index contributed by atoms with van der Waals surface area (Å²) >= 11 is 0. The number of aromatic nitrogens is 2. The largest absolute Gasteiger partial charge is 0.379 e. The van der Waals surface area contributed by atoms with Gasteiger partial charge in [-0.15, -0.1) is 0 Å². The number of hydrogen-bond acceptors (Lipinski definition) is 6. The molecule has 0 amide bonds. The van der Waals surface area contributed by atoms with Crippen LogP contribution in [0.2, 0.25) is 0 Å². The molecule has 0 bridgehead atoms. The molecule has 23 heavy (non-hydrogen) atoms. The molecule has 4 rings (SSSR count). The van der Waals surface area contributed by atoms with Gasteiger partial charge in [0.25, 0.3) is 0 Å². The molecule has 122 valence electrons. The molecule has 4 heterocycles. The van der Waals surface area contributed by atoms with Crippen LogP contribution in [0.25, 0.3) is 5.57 Å². The second kappa shape index (κ2) is 5.73. The predicted molar refractivity (Wildman–Crippen MR) is 88.1 cm³/mol. The molecule has 1 saturated heterocycles. The Morgan fingerprint density at radius 2 is 2.35 bits per heavy atom. The van der Waals surface area contributed by atoms with Crippen LogP contribution in [0, 0.1) is 0 Å². The highest BCUT2D eigenvalue weighted by molar-refractivity contribution is 5.82. The average Bonchev–Trinajstić information content (AvgIpc) is 3.09. The average molecular weight is 314 g/mol. The Morgan fingerprint density at radius 1 is 1.43 bits per heavy atom. The first-order chi connectivity index (χ1) is 11.2. The van der Waals surface area contributed by atoms with Crippen LogP contribution in [0.1, 0.15) is 31.9 Å². The van der Waals surface area contributed by atoms with Crippen molar-refractivity contribution < 1.29 is 4.74 Å². The van der Waals surface area contributed by atoms with E-state index in [4.69, 9.17) is 10.5 Å². The topological polar surface area (TPSA) is 91.6 Å². The lowest BCUT2D eigenvalue weighted by Gasteiger charge is -2.43. The molecule has 1 aromatic heterocycles. The minimum absolute atomic E-state index is 0.0328. The number of fused-ring (bicyclic) bond motifs is 1. The summed E-state index contributed by atoms with van der Waals surface area (Å²) in [5, 5.41) is 10.3. The smallest absolute Gasteiger partial charge is 0.195 e. The third-order valence-corrected chi connectivity index (χ3v) is 4.74. The number of ether oxygens (including phenoxy) is 1. The summed E-state index contributed by atoms with van der Waals surface area (Å²) in [6.07, 6.45) is 6.99. The maximum atomic E-state index is 5.96. The fourth-order valence-corrected chi connectivity index (χ4v) is 3.54. The molecule has 3 aliphatic heterocycles. The molecule has 3 aliphatic rings. The van der Waals surface area contributed by atoms with Gasteiger partial charge in [-0.3, -0.25) is 5.10 Å². The van der Waals surface area contributed by atoms with Crippen LogP contribution in [-0.4, -0.2) is 46.5 Å². The quantitative estimate of drug-likeness (QED) is 0.762. The van der Waals surface area contributed by atoms with E-state index in [-0.39, 0.29) is 6.17 Å². The summed E-state index contributed by atoms with van der Waals surface area (Å²) < 4.78 is 5.69. The van der Waals surface area contributed by atoms with Gasteiger partial charge in [0.15, 0.2) is 5.96 Å². The van der Waals surface area contributed by atoms with Crippen LogP contribution >= 0.6 is 0 Å². The Labute approximate surface area is 135 Å². The number of aromatic amines is 1. The van der Waals surface area contributed by atoms with Crippen LogP contribution in [0.4, 0.5) is 0 Å². The summed E-state index contributed by atoms with van der Waals surface area (Å²) in [5.74, 6) is 0.483. The number of nitrogens with two attached hydrogens (primary N) is 1. The van der Waals surface area contributed by atoms with Gasteiger partial charge in [0, 0.05) is 31.1 Å². The number of guanidine groups is 1. The lowest BCUT2D eigenvalue weighted by atomic mass is 9.92. The van der Waals surface area contributed by atoms with Crippen molar-refractivity contribution in [1.82, 2.24) is 20.4 Å². The number of hydrogen-bond donors (Lipinski definition) is 3. The molecule has 0 radical (unpaired) electrons. The van der Waals surface area contributed by atoms with Gasteiger partial charge in [0.05, 0.1) is 18.3 Å². The first kappa shape index (κ1) is 14.3. The van der Waals surface area contributed by atoms with E-state index in [1.165, 1.54) is 11.1 Å². The maximum Gasteiger partial charge on any atom is 0.195 e. The second-order valence-corrected chi connectivity index (χ2v) is 6.28. The third kappa shape index (κ3) is 2.61. The minimum Gasteiger partial charge on any atom is -0.379 e. The predicted octanol–water partition coefficient (Wildman–Crippen LogP) is 1.15. The standard InChI is InChI=1S/C16H22N6O/c1-10-13-7-11(14-4-5-18-21-14)8-22(12-3-2-6-23-9-12)15(13)20-16(17)19-10/h4-5,8,12,15H,2-3,6-7,9H2,1H3,(H,18,21)(H3,17,19,20). The van der Waals surface area contributed by atoms with Crippen molar-refractivity contribution in [2.75, 3.05) is 13.2 Å². The van der Waals surface area contributed by atoms with E-state index in [9.17, 15) is 0 Å². The zero-order chi connectivity index (χ0) is 15.8. The number of allylic oxidation sites excluding steroid dienone is 2. The summed E-state index contributed by atoms with van der Waals surface area (Å²) in [6.45, 7) is 3.65. The first-order valence-electron chi connectivity index (χ1n) is 8.08. The normalized spacial score (nSPS) is 28.0. The van der Waals surface area contributed by atoms with Gasteiger partial charge in [-0.1, -0.05) is 0 Å². The molecular formula is C16H22N6O. The molecule has 0 spiro atoms. The number of nitrogens with one attached hydrogen (secondary N) is 2. The number of rotatable bonds is 2. The summed E-state index contributed by atoms with van der Waals surface area (Å²) in [5.41, 5.74) is 10.6. The van der Waals surface area contributed by atoms with E-state index < -0.39 is 0 Å². The van der Waals surface area contributed by atoms with Crippen LogP contribution in [-0.2, 0) is 4.74 Å².